The van der Waals surface area contributed by atoms with Gasteiger partial charge in [0.1, 0.15) is 11.6 Å². The molecule has 9 nitrogen and oxygen atoms in total. The van der Waals surface area contributed by atoms with Crippen molar-refractivity contribution in [1.82, 2.24) is 19.8 Å². The molecule has 40 heavy (non-hydrogen) atoms. The number of aromatic nitrogens is 2. The number of nitrogens with zero attached hydrogens (tertiary/aromatic N) is 4. The minimum absolute atomic E-state index is 0.200. The highest BCUT2D eigenvalue weighted by atomic mass is 16.5. The van der Waals surface area contributed by atoms with Crippen LogP contribution in [0.2, 0.25) is 0 Å². The molecule has 1 aliphatic heterocycles. The Bertz CT molecular complexity index is 1510. The molecule has 0 spiro atoms. The summed E-state index contributed by atoms with van der Waals surface area (Å²) in [5, 5.41) is 6.48. The summed E-state index contributed by atoms with van der Waals surface area (Å²) in [4.78, 5) is 34.1. The van der Waals surface area contributed by atoms with Gasteiger partial charge < -0.3 is 25.2 Å². The van der Waals surface area contributed by atoms with Gasteiger partial charge in [-0.2, -0.15) is 0 Å². The van der Waals surface area contributed by atoms with Crippen molar-refractivity contribution in [3.8, 4) is 5.75 Å². The first-order chi connectivity index (χ1) is 19.4. The molecule has 5 rings (SSSR count). The Hall–Kier alpha value is -4.37. The molecule has 0 unspecified atom stereocenters. The number of likely N-dealkylation sites (tertiary alicyclic amines) is 1. The Morgan fingerprint density at radius 1 is 1.07 bits per heavy atom. The number of hydrogen-bond acceptors (Lipinski definition) is 6. The fourth-order valence-electron chi connectivity index (χ4n) is 5.39. The molecular weight excluding hydrogens is 504 g/mol. The van der Waals surface area contributed by atoms with Crippen molar-refractivity contribution in [3.05, 3.63) is 78.1 Å². The summed E-state index contributed by atoms with van der Waals surface area (Å²) in [5.74, 6) is 1.42. The van der Waals surface area contributed by atoms with Gasteiger partial charge in [0.05, 0.1) is 18.3 Å². The second-order valence-electron chi connectivity index (χ2n) is 10.1. The number of nitrogens with one attached hydrogen (secondary N) is 2. The van der Waals surface area contributed by atoms with Crippen LogP contribution in [-0.2, 0) is 0 Å². The zero-order valence-electron chi connectivity index (χ0n) is 23.5. The molecule has 4 aromatic rings. The lowest BCUT2D eigenvalue weighted by Gasteiger charge is -2.31. The molecule has 2 amide bonds. The molecule has 3 heterocycles. The van der Waals surface area contributed by atoms with E-state index in [-0.39, 0.29) is 11.9 Å². The van der Waals surface area contributed by atoms with E-state index in [0.717, 1.165) is 54.8 Å². The predicted octanol–water partition coefficient (Wildman–Crippen LogP) is 5.45. The van der Waals surface area contributed by atoms with E-state index in [1.165, 1.54) is 5.56 Å². The maximum absolute atomic E-state index is 13.0. The molecule has 1 aliphatic rings. The summed E-state index contributed by atoms with van der Waals surface area (Å²) in [6.45, 7) is 5.57. The van der Waals surface area contributed by atoms with Gasteiger partial charge >= 0.3 is 6.03 Å². The fraction of sp³-hybridized carbons (Fsp3) is 0.323. The zero-order valence-corrected chi connectivity index (χ0v) is 23.5. The van der Waals surface area contributed by atoms with Crippen LogP contribution in [0.4, 0.5) is 22.0 Å². The number of carbonyl (C=O) groups excluding carboxylic acids is 2. The summed E-state index contributed by atoms with van der Waals surface area (Å²) in [6.07, 6.45) is 5.71. The Balaban J connectivity index is 1.31. The average Bonchev–Trinajstić information content (AvgIpc) is 3.42. The van der Waals surface area contributed by atoms with Crippen LogP contribution in [0.25, 0.3) is 10.9 Å². The van der Waals surface area contributed by atoms with E-state index >= 15 is 0 Å². The van der Waals surface area contributed by atoms with Gasteiger partial charge in [-0.05, 0) is 74.3 Å². The van der Waals surface area contributed by atoms with Gasteiger partial charge in [-0.25, -0.2) is 9.78 Å². The van der Waals surface area contributed by atoms with Crippen molar-refractivity contribution in [1.29, 1.82) is 0 Å². The Morgan fingerprint density at radius 2 is 1.82 bits per heavy atom. The van der Waals surface area contributed by atoms with Crippen molar-refractivity contribution < 1.29 is 14.3 Å². The normalized spacial score (nSPS) is 14.2. The summed E-state index contributed by atoms with van der Waals surface area (Å²) >= 11 is 0. The van der Waals surface area contributed by atoms with Crippen molar-refractivity contribution in [2.45, 2.75) is 25.7 Å². The molecular formula is C31H36N6O3. The number of fused-ring (bicyclic) bond motifs is 1. The lowest BCUT2D eigenvalue weighted by molar-refractivity contribution is 0.102. The van der Waals surface area contributed by atoms with Crippen LogP contribution in [0.5, 0.6) is 5.75 Å². The first-order valence-corrected chi connectivity index (χ1v) is 13.7. The van der Waals surface area contributed by atoms with Crippen LogP contribution >= 0.6 is 0 Å². The van der Waals surface area contributed by atoms with E-state index < -0.39 is 0 Å². The van der Waals surface area contributed by atoms with E-state index in [4.69, 9.17) is 4.74 Å². The largest absolute Gasteiger partial charge is 0.494 e. The fourth-order valence-corrected chi connectivity index (χ4v) is 5.39. The third-order valence-corrected chi connectivity index (χ3v) is 7.84. The van der Waals surface area contributed by atoms with Crippen molar-refractivity contribution in [2.24, 2.45) is 0 Å². The Labute approximate surface area is 234 Å². The van der Waals surface area contributed by atoms with E-state index in [0.29, 0.717) is 23.0 Å². The van der Waals surface area contributed by atoms with E-state index in [1.54, 1.807) is 31.1 Å². The van der Waals surface area contributed by atoms with E-state index in [9.17, 15) is 9.59 Å². The number of ether oxygens (including phenoxy) is 1. The number of pyridine rings is 1. The molecule has 1 fully saturated rings. The Morgan fingerprint density at radius 3 is 2.50 bits per heavy atom. The SMILES string of the molecule is CCN1CCC(c2ccc(C(=O)Nc3cc(N(C)c4cc5ccn(C(=O)NC)c5cc4OC)ccn3)cc2)CC1. The summed E-state index contributed by atoms with van der Waals surface area (Å²) in [7, 11) is 5.12. The van der Waals surface area contributed by atoms with Crippen molar-refractivity contribution in [2.75, 3.05) is 51.1 Å². The molecule has 0 aliphatic carbocycles. The van der Waals surface area contributed by atoms with Crippen molar-refractivity contribution >= 4 is 40.0 Å². The molecule has 0 bridgehead atoms. The second kappa shape index (κ2) is 11.8. The number of methoxy groups -OCH3 is 1. The van der Waals surface area contributed by atoms with Crippen LogP contribution < -0.4 is 20.3 Å². The van der Waals surface area contributed by atoms with Gasteiger partial charge in [0, 0.05) is 55.3 Å². The summed E-state index contributed by atoms with van der Waals surface area (Å²) in [5.41, 5.74) is 4.28. The van der Waals surface area contributed by atoms with Crippen LogP contribution in [0.15, 0.2) is 67.0 Å². The van der Waals surface area contributed by atoms with Gasteiger partial charge in [0.15, 0.2) is 0 Å². The van der Waals surface area contributed by atoms with Gasteiger partial charge in [-0.1, -0.05) is 19.1 Å². The van der Waals surface area contributed by atoms with Crippen molar-refractivity contribution in [3.63, 3.8) is 0 Å². The molecule has 1 saturated heterocycles. The highest BCUT2D eigenvalue weighted by molar-refractivity contribution is 6.04. The van der Waals surface area contributed by atoms with Gasteiger partial charge in [0.25, 0.3) is 5.91 Å². The summed E-state index contributed by atoms with van der Waals surface area (Å²) in [6, 6.07) is 17.1. The first kappa shape index (κ1) is 27.2. The van der Waals surface area contributed by atoms with Gasteiger partial charge in [0.2, 0.25) is 0 Å². The molecule has 2 aromatic heterocycles. The van der Waals surface area contributed by atoms with Crippen LogP contribution in [0.1, 0.15) is 41.6 Å². The van der Waals surface area contributed by atoms with Gasteiger partial charge in [-0.3, -0.25) is 9.36 Å². The lowest BCUT2D eigenvalue weighted by atomic mass is 9.89. The number of rotatable bonds is 7. The molecule has 0 atom stereocenters. The molecule has 9 heteroatoms. The maximum atomic E-state index is 13.0. The number of hydrogen-bond donors (Lipinski definition) is 2. The number of amides is 2. The number of carbonyl (C=O) groups is 2. The standard InChI is InChI=1S/C31H36N6O3/c1-5-36-15-11-22(12-16-36)21-6-8-23(9-7-21)30(38)34-29-19-25(10-14-33-29)35(3)27-18-24-13-17-37(31(39)32-2)26(24)20-28(27)40-4/h6-10,13-14,17-20,22H,5,11-12,15-16H2,1-4H3,(H,32,39)(H,33,34,38). The highest BCUT2D eigenvalue weighted by Crippen LogP contribution is 2.37. The average molecular weight is 541 g/mol. The zero-order chi connectivity index (χ0) is 28.2. The second-order valence-corrected chi connectivity index (χ2v) is 10.1. The third kappa shape index (κ3) is 5.51. The highest BCUT2D eigenvalue weighted by Gasteiger charge is 2.20. The summed E-state index contributed by atoms with van der Waals surface area (Å²) < 4.78 is 7.22. The Kier molecular flexibility index (Phi) is 8.02. The number of anilines is 3. The lowest BCUT2D eigenvalue weighted by Crippen LogP contribution is -2.32. The molecule has 0 radical (unpaired) electrons. The van der Waals surface area contributed by atoms with Crippen LogP contribution in [-0.4, -0.2) is 67.2 Å². The van der Waals surface area contributed by atoms with E-state index in [2.05, 4.69) is 39.6 Å². The molecule has 0 saturated carbocycles. The van der Waals surface area contributed by atoms with Crippen LogP contribution in [0, 0.1) is 0 Å². The molecule has 2 N–H and O–H groups in total. The maximum Gasteiger partial charge on any atom is 0.325 e. The third-order valence-electron chi connectivity index (χ3n) is 7.84. The number of piperidine rings is 1. The van der Waals surface area contributed by atoms with E-state index in [1.807, 2.05) is 54.4 Å². The van der Waals surface area contributed by atoms with Crippen LogP contribution in [0.3, 0.4) is 0 Å². The predicted molar refractivity (Wildman–Crippen MR) is 159 cm³/mol. The minimum atomic E-state index is -0.223. The minimum Gasteiger partial charge on any atom is -0.494 e. The monoisotopic (exact) mass is 540 g/mol. The smallest absolute Gasteiger partial charge is 0.325 e. The quantitative estimate of drug-likeness (QED) is 0.324. The first-order valence-electron chi connectivity index (χ1n) is 13.7. The number of benzene rings is 2. The topological polar surface area (TPSA) is 91.7 Å². The van der Waals surface area contributed by atoms with Gasteiger partial charge in [-0.15, -0.1) is 0 Å². The molecule has 2 aromatic carbocycles. The molecule has 208 valence electrons.